The van der Waals surface area contributed by atoms with E-state index in [4.69, 9.17) is 11.6 Å². The highest BCUT2D eigenvalue weighted by atomic mass is 35.5. The largest absolute Gasteiger partial charge is 0.297 e. The zero-order valence-electron chi connectivity index (χ0n) is 8.41. The quantitative estimate of drug-likeness (QED) is 0.909. The molecular weight excluding hydrogens is 264 g/mol. The Bertz CT molecular complexity index is 618. The van der Waals surface area contributed by atoms with E-state index >= 15 is 0 Å². The van der Waals surface area contributed by atoms with E-state index in [-0.39, 0.29) is 10.8 Å². The standard InChI is InChI=1S/C9H7ClN4O2S/c10-7-3-1-2-4-8(7)14-17(15,16)9-12-5-11-6-13-9/h1-6,14H. The van der Waals surface area contributed by atoms with Crippen molar-refractivity contribution in [2.45, 2.75) is 5.16 Å². The van der Waals surface area contributed by atoms with E-state index in [2.05, 4.69) is 19.7 Å². The normalized spacial score (nSPS) is 11.1. The number of aromatic nitrogens is 3. The molecule has 88 valence electrons. The van der Waals surface area contributed by atoms with Crippen LogP contribution in [0, 0.1) is 0 Å². The van der Waals surface area contributed by atoms with Crippen LogP contribution in [0.1, 0.15) is 0 Å². The van der Waals surface area contributed by atoms with E-state index < -0.39 is 10.0 Å². The predicted molar refractivity (Wildman–Crippen MR) is 62.1 cm³/mol. The molecule has 0 aliphatic heterocycles. The smallest absolute Gasteiger partial charge is 0.275 e. The zero-order chi connectivity index (χ0) is 12.3. The molecule has 0 aliphatic carbocycles. The van der Waals surface area contributed by atoms with Crippen molar-refractivity contribution in [3.05, 3.63) is 41.9 Å². The van der Waals surface area contributed by atoms with Gasteiger partial charge in [0, 0.05) is 0 Å². The van der Waals surface area contributed by atoms with Crippen LogP contribution in [0.4, 0.5) is 5.69 Å². The molecule has 0 saturated carbocycles. The number of halogens is 1. The second kappa shape index (κ2) is 4.64. The molecule has 0 spiro atoms. The van der Waals surface area contributed by atoms with Gasteiger partial charge in [-0.2, -0.15) is 8.42 Å². The summed E-state index contributed by atoms with van der Waals surface area (Å²) < 4.78 is 26.0. The summed E-state index contributed by atoms with van der Waals surface area (Å²) in [6, 6.07) is 6.48. The highest BCUT2D eigenvalue weighted by Crippen LogP contribution is 2.22. The number of rotatable bonds is 3. The average molecular weight is 271 g/mol. The monoisotopic (exact) mass is 270 g/mol. The molecule has 1 N–H and O–H groups in total. The maximum atomic E-state index is 11.8. The van der Waals surface area contributed by atoms with Gasteiger partial charge in [-0.1, -0.05) is 23.7 Å². The van der Waals surface area contributed by atoms with Crippen LogP contribution in [0.3, 0.4) is 0 Å². The maximum Gasteiger partial charge on any atom is 0.297 e. The molecule has 1 aromatic heterocycles. The van der Waals surface area contributed by atoms with Gasteiger partial charge < -0.3 is 0 Å². The summed E-state index contributed by atoms with van der Waals surface area (Å²) in [7, 11) is -3.83. The van der Waals surface area contributed by atoms with Crippen molar-refractivity contribution in [1.29, 1.82) is 0 Å². The van der Waals surface area contributed by atoms with Crippen molar-refractivity contribution in [2.75, 3.05) is 4.72 Å². The Morgan fingerprint density at radius 1 is 1.12 bits per heavy atom. The lowest BCUT2D eigenvalue weighted by molar-refractivity contribution is 0.591. The molecule has 0 radical (unpaired) electrons. The highest BCUT2D eigenvalue weighted by Gasteiger charge is 2.18. The van der Waals surface area contributed by atoms with Gasteiger partial charge in [0.25, 0.3) is 15.2 Å². The Morgan fingerprint density at radius 2 is 1.76 bits per heavy atom. The maximum absolute atomic E-state index is 11.8. The molecule has 8 heteroatoms. The summed E-state index contributed by atoms with van der Waals surface area (Å²) in [6.45, 7) is 0. The predicted octanol–water partition coefficient (Wildman–Crippen LogP) is 1.33. The molecule has 0 fully saturated rings. The van der Waals surface area contributed by atoms with Crippen molar-refractivity contribution in [2.24, 2.45) is 0 Å². The molecule has 0 unspecified atom stereocenters. The zero-order valence-corrected chi connectivity index (χ0v) is 9.98. The van der Waals surface area contributed by atoms with Crippen LogP contribution in [0.2, 0.25) is 5.02 Å². The molecule has 0 saturated heterocycles. The minimum Gasteiger partial charge on any atom is -0.275 e. The number of hydrogen-bond donors (Lipinski definition) is 1. The third-order valence-electron chi connectivity index (χ3n) is 1.83. The van der Waals surface area contributed by atoms with Gasteiger partial charge in [-0.05, 0) is 12.1 Å². The summed E-state index contributed by atoms with van der Waals surface area (Å²) in [4.78, 5) is 10.7. The van der Waals surface area contributed by atoms with Gasteiger partial charge >= 0.3 is 0 Å². The van der Waals surface area contributed by atoms with Crippen molar-refractivity contribution < 1.29 is 8.42 Å². The van der Waals surface area contributed by atoms with Crippen LogP contribution in [0.5, 0.6) is 0 Å². The first-order valence-corrected chi connectivity index (χ1v) is 6.35. The number of hydrogen-bond acceptors (Lipinski definition) is 5. The summed E-state index contributed by atoms with van der Waals surface area (Å²) >= 11 is 5.84. The Morgan fingerprint density at radius 3 is 2.41 bits per heavy atom. The van der Waals surface area contributed by atoms with Crippen LogP contribution in [0.25, 0.3) is 0 Å². The van der Waals surface area contributed by atoms with Crippen LogP contribution < -0.4 is 4.72 Å². The molecule has 1 heterocycles. The van der Waals surface area contributed by atoms with Crippen molar-refractivity contribution in [1.82, 2.24) is 15.0 Å². The number of benzene rings is 1. The van der Waals surface area contributed by atoms with E-state index in [0.29, 0.717) is 5.02 Å². The van der Waals surface area contributed by atoms with Gasteiger partial charge in [0.15, 0.2) is 0 Å². The fraction of sp³-hybridized carbons (Fsp3) is 0. The number of nitrogens with zero attached hydrogens (tertiary/aromatic N) is 3. The summed E-state index contributed by atoms with van der Waals surface area (Å²) in [5.74, 6) is 0. The van der Waals surface area contributed by atoms with E-state index in [1.807, 2.05) is 0 Å². The van der Waals surface area contributed by atoms with E-state index in [1.165, 1.54) is 0 Å². The number of sulfonamides is 1. The molecule has 17 heavy (non-hydrogen) atoms. The molecule has 1 aromatic carbocycles. The van der Waals surface area contributed by atoms with E-state index in [0.717, 1.165) is 12.7 Å². The SMILES string of the molecule is O=S(=O)(Nc1ccccc1Cl)c1ncncn1. The molecule has 0 amide bonds. The molecule has 0 atom stereocenters. The van der Waals surface area contributed by atoms with Crippen LogP contribution in [0.15, 0.2) is 42.1 Å². The lowest BCUT2D eigenvalue weighted by atomic mass is 10.3. The molecule has 6 nitrogen and oxygen atoms in total. The van der Waals surface area contributed by atoms with Gasteiger partial charge in [-0.25, -0.2) is 15.0 Å². The first-order valence-electron chi connectivity index (χ1n) is 4.49. The Hall–Kier alpha value is -1.73. The third kappa shape index (κ3) is 2.69. The van der Waals surface area contributed by atoms with E-state index in [9.17, 15) is 8.42 Å². The minimum absolute atomic E-state index is 0.273. The van der Waals surface area contributed by atoms with Gasteiger partial charge in [0.1, 0.15) is 12.7 Å². The Balaban J connectivity index is 2.34. The molecule has 2 rings (SSSR count). The Kier molecular flexibility index (Phi) is 3.21. The lowest BCUT2D eigenvalue weighted by Gasteiger charge is -2.07. The first kappa shape index (κ1) is 11.7. The summed E-state index contributed by atoms with van der Waals surface area (Å²) in [5, 5.41) is -0.0578. The number of para-hydroxylation sites is 1. The average Bonchev–Trinajstić information content (AvgIpc) is 2.33. The molecular formula is C9H7ClN4O2S. The fourth-order valence-corrected chi connectivity index (χ4v) is 2.27. The van der Waals surface area contributed by atoms with Gasteiger partial charge in [-0.15, -0.1) is 0 Å². The summed E-state index contributed by atoms with van der Waals surface area (Å²) in [5.41, 5.74) is 0.273. The molecule has 0 aliphatic rings. The van der Waals surface area contributed by atoms with Crippen molar-refractivity contribution in [3.63, 3.8) is 0 Å². The van der Waals surface area contributed by atoms with Crippen molar-refractivity contribution in [3.8, 4) is 0 Å². The van der Waals surface area contributed by atoms with Gasteiger partial charge in [0.05, 0.1) is 10.7 Å². The third-order valence-corrected chi connectivity index (χ3v) is 3.34. The van der Waals surface area contributed by atoms with Crippen LogP contribution in [-0.4, -0.2) is 23.4 Å². The Labute approximate surface area is 103 Å². The van der Waals surface area contributed by atoms with E-state index in [1.54, 1.807) is 24.3 Å². The lowest BCUT2D eigenvalue weighted by Crippen LogP contribution is -2.16. The second-order valence-electron chi connectivity index (χ2n) is 3.01. The first-order chi connectivity index (χ1) is 8.09. The topological polar surface area (TPSA) is 84.8 Å². The van der Waals surface area contributed by atoms with Crippen LogP contribution in [-0.2, 0) is 10.0 Å². The number of anilines is 1. The molecule has 0 bridgehead atoms. The van der Waals surface area contributed by atoms with Crippen LogP contribution >= 0.6 is 11.6 Å². The fourth-order valence-electron chi connectivity index (χ4n) is 1.10. The highest BCUT2D eigenvalue weighted by molar-refractivity contribution is 7.92. The minimum atomic E-state index is -3.83. The molecule has 2 aromatic rings. The summed E-state index contributed by atoms with van der Waals surface area (Å²) in [6.07, 6.45) is 2.21. The van der Waals surface area contributed by atoms with Gasteiger partial charge in [0.2, 0.25) is 0 Å². The second-order valence-corrected chi connectivity index (χ2v) is 4.99. The van der Waals surface area contributed by atoms with Gasteiger partial charge in [-0.3, -0.25) is 4.72 Å². The number of nitrogens with one attached hydrogen (secondary N) is 1. The van der Waals surface area contributed by atoms with Crippen molar-refractivity contribution >= 4 is 27.3 Å².